The quantitative estimate of drug-likeness (QED) is 0.807. The van der Waals surface area contributed by atoms with Crippen molar-refractivity contribution in [2.75, 3.05) is 6.54 Å². The lowest BCUT2D eigenvalue weighted by Gasteiger charge is -2.27. The first-order chi connectivity index (χ1) is 10.0. The minimum atomic E-state index is -3.37. The van der Waals surface area contributed by atoms with E-state index in [1.165, 1.54) is 30.6 Å². The Balaban J connectivity index is 1.98. The summed E-state index contributed by atoms with van der Waals surface area (Å²) in [5.74, 6) is 0.481. The Morgan fingerprint density at radius 1 is 1.33 bits per heavy atom. The zero-order chi connectivity index (χ0) is 15.3. The van der Waals surface area contributed by atoms with Gasteiger partial charge in [0.25, 0.3) is 0 Å². The Labute approximate surface area is 132 Å². The van der Waals surface area contributed by atoms with E-state index < -0.39 is 10.0 Å². The van der Waals surface area contributed by atoms with Gasteiger partial charge >= 0.3 is 0 Å². The van der Waals surface area contributed by atoms with Gasteiger partial charge in [0.1, 0.15) is 4.21 Å². The molecule has 1 aliphatic carbocycles. The van der Waals surface area contributed by atoms with Crippen molar-refractivity contribution in [1.29, 1.82) is 0 Å². The molecule has 1 fully saturated rings. The molecule has 4 nitrogen and oxygen atoms in total. The molecule has 0 bridgehead atoms. The molecular formula is C15H26N2O2S2. The van der Waals surface area contributed by atoms with E-state index in [4.69, 9.17) is 0 Å². The lowest BCUT2D eigenvalue weighted by atomic mass is 9.85. The third-order valence-corrected chi connectivity index (χ3v) is 7.22. The van der Waals surface area contributed by atoms with Gasteiger partial charge in [-0.1, -0.05) is 26.2 Å². The Morgan fingerprint density at radius 2 is 2.05 bits per heavy atom. The van der Waals surface area contributed by atoms with E-state index in [2.05, 4.69) is 10.0 Å². The maximum Gasteiger partial charge on any atom is 0.250 e. The first kappa shape index (κ1) is 16.9. The van der Waals surface area contributed by atoms with Crippen LogP contribution in [0.2, 0.25) is 0 Å². The molecule has 6 heteroatoms. The molecular weight excluding hydrogens is 304 g/mol. The second kappa shape index (κ2) is 7.72. The summed E-state index contributed by atoms with van der Waals surface area (Å²) in [5.41, 5.74) is 1.03. The van der Waals surface area contributed by atoms with Crippen LogP contribution in [0, 0.1) is 5.92 Å². The van der Waals surface area contributed by atoms with Crippen molar-refractivity contribution in [3.63, 3.8) is 0 Å². The van der Waals surface area contributed by atoms with Crippen molar-refractivity contribution in [1.82, 2.24) is 10.0 Å². The van der Waals surface area contributed by atoms with Gasteiger partial charge in [-0.25, -0.2) is 13.1 Å². The highest BCUT2D eigenvalue weighted by atomic mass is 32.2. The fraction of sp³-hybridized carbons (Fsp3) is 0.733. The summed E-state index contributed by atoms with van der Waals surface area (Å²) < 4.78 is 28.2. The highest BCUT2D eigenvalue weighted by molar-refractivity contribution is 7.91. The number of nitrogens with one attached hydrogen (secondary N) is 2. The smallest absolute Gasteiger partial charge is 0.250 e. The SMILES string of the molecule is CCNCc1csc(S(=O)(=O)NC(C)C2CCCCC2)c1. The predicted molar refractivity (Wildman–Crippen MR) is 88.1 cm³/mol. The van der Waals surface area contributed by atoms with Gasteiger partial charge < -0.3 is 5.32 Å². The lowest BCUT2D eigenvalue weighted by Crippen LogP contribution is -2.38. The van der Waals surface area contributed by atoms with Crippen LogP contribution in [0.5, 0.6) is 0 Å². The summed E-state index contributed by atoms with van der Waals surface area (Å²) in [4.78, 5) is 0. The van der Waals surface area contributed by atoms with Crippen LogP contribution in [-0.4, -0.2) is 21.0 Å². The van der Waals surface area contributed by atoms with Crippen molar-refractivity contribution < 1.29 is 8.42 Å². The highest BCUT2D eigenvalue weighted by Crippen LogP contribution is 2.28. The van der Waals surface area contributed by atoms with Crippen molar-refractivity contribution in [3.8, 4) is 0 Å². The van der Waals surface area contributed by atoms with Gasteiger partial charge in [-0.2, -0.15) is 0 Å². The van der Waals surface area contributed by atoms with E-state index in [0.717, 1.165) is 31.5 Å². The third-order valence-electron chi connectivity index (χ3n) is 4.17. The van der Waals surface area contributed by atoms with E-state index in [-0.39, 0.29) is 6.04 Å². The molecule has 2 rings (SSSR count). The summed E-state index contributed by atoms with van der Waals surface area (Å²) in [6.07, 6.45) is 6.01. The molecule has 1 aromatic rings. The second-order valence-corrected chi connectivity index (χ2v) is 8.71. The average Bonchev–Trinajstić information content (AvgIpc) is 2.95. The van der Waals surface area contributed by atoms with Crippen LogP contribution >= 0.6 is 11.3 Å². The first-order valence-corrected chi connectivity index (χ1v) is 10.2. The summed E-state index contributed by atoms with van der Waals surface area (Å²) >= 11 is 1.31. The molecule has 1 atom stereocenters. The lowest BCUT2D eigenvalue weighted by molar-refractivity contribution is 0.303. The van der Waals surface area contributed by atoms with Crippen LogP contribution in [-0.2, 0) is 16.6 Å². The number of thiophene rings is 1. The average molecular weight is 331 g/mol. The second-order valence-electron chi connectivity index (χ2n) is 5.86. The van der Waals surface area contributed by atoms with Crippen LogP contribution in [0.3, 0.4) is 0 Å². The largest absolute Gasteiger partial charge is 0.313 e. The van der Waals surface area contributed by atoms with Gasteiger partial charge in [-0.05, 0) is 49.2 Å². The van der Waals surface area contributed by atoms with E-state index in [1.54, 1.807) is 6.07 Å². The molecule has 21 heavy (non-hydrogen) atoms. The maximum absolute atomic E-state index is 12.5. The molecule has 1 aliphatic rings. The van der Waals surface area contributed by atoms with E-state index >= 15 is 0 Å². The fourth-order valence-corrected chi connectivity index (χ4v) is 5.43. The van der Waals surface area contributed by atoms with Crippen LogP contribution in [0.15, 0.2) is 15.7 Å². The zero-order valence-corrected chi connectivity index (χ0v) is 14.5. The van der Waals surface area contributed by atoms with Crippen LogP contribution in [0.4, 0.5) is 0 Å². The normalized spacial score (nSPS) is 18.8. The number of rotatable bonds is 7. The molecule has 0 spiro atoms. The molecule has 120 valence electrons. The summed E-state index contributed by atoms with van der Waals surface area (Å²) in [6, 6.07) is 1.80. The molecule has 0 radical (unpaired) electrons. The molecule has 0 aliphatic heterocycles. The van der Waals surface area contributed by atoms with Gasteiger partial charge in [-0.15, -0.1) is 11.3 Å². The van der Waals surface area contributed by atoms with Crippen LogP contribution < -0.4 is 10.0 Å². The van der Waals surface area contributed by atoms with E-state index in [1.807, 2.05) is 19.2 Å². The molecule has 0 saturated heterocycles. The molecule has 0 amide bonds. The molecule has 1 saturated carbocycles. The summed E-state index contributed by atoms with van der Waals surface area (Å²) in [5, 5.41) is 5.13. The van der Waals surface area contributed by atoms with E-state index in [0.29, 0.717) is 10.1 Å². The number of sulfonamides is 1. The summed E-state index contributed by atoms with van der Waals surface area (Å²) in [6.45, 7) is 5.65. The van der Waals surface area contributed by atoms with Crippen molar-refractivity contribution in [2.45, 2.75) is 62.7 Å². The van der Waals surface area contributed by atoms with Crippen molar-refractivity contribution >= 4 is 21.4 Å². The zero-order valence-electron chi connectivity index (χ0n) is 12.9. The van der Waals surface area contributed by atoms with Gasteiger partial charge in [0.15, 0.2) is 0 Å². The fourth-order valence-electron chi connectivity index (χ4n) is 2.89. The maximum atomic E-state index is 12.5. The minimum Gasteiger partial charge on any atom is -0.313 e. The highest BCUT2D eigenvalue weighted by Gasteiger charge is 2.26. The monoisotopic (exact) mass is 330 g/mol. The predicted octanol–water partition coefficient (Wildman–Crippen LogP) is 3.10. The Bertz CT molecular complexity index is 534. The third kappa shape index (κ3) is 4.77. The Kier molecular flexibility index (Phi) is 6.22. The molecule has 1 aromatic heterocycles. The van der Waals surface area contributed by atoms with Gasteiger partial charge in [0, 0.05) is 12.6 Å². The van der Waals surface area contributed by atoms with Gasteiger partial charge in [0.2, 0.25) is 10.0 Å². The Morgan fingerprint density at radius 3 is 2.71 bits per heavy atom. The van der Waals surface area contributed by atoms with E-state index in [9.17, 15) is 8.42 Å². The number of hydrogen-bond donors (Lipinski definition) is 2. The molecule has 0 aromatic carbocycles. The van der Waals surface area contributed by atoms with Gasteiger partial charge in [0.05, 0.1) is 0 Å². The van der Waals surface area contributed by atoms with Crippen molar-refractivity contribution in [3.05, 3.63) is 17.0 Å². The van der Waals surface area contributed by atoms with Crippen LogP contribution in [0.25, 0.3) is 0 Å². The van der Waals surface area contributed by atoms with Crippen LogP contribution in [0.1, 0.15) is 51.5 Å². The molecule has 2 N–H and O–H groups in total. The Hall–Kier alpha value is -0.430. The molecule has 1 heterocycles. The van der Waals surface area contributed by atoms with Gasteiger partial charge in [-0.3, -0.25) is 0 Å². The topological polar surface area (TPSA) is 58.2 Å². The number of hydrogen-bond acceptors (Lipinski definition) is 4. The summed E-state index contributed by atoms with van der Waals surface area (Å²) in [7, 11) is -3.37. The standard InChI is InChI=1S/C15H26N2O2S2/c1-3-16-10-13-9-15(20-11-13)21(18,19)17-12(2)14-7-5-4-6-8-14/h9,11-12,14,16-17H,3-8,10H2,1-2H3. The first-order valence-electron chi connectivity index (χ1n) is 7.83. The molecule has 1 unspecified atom stereocenters. The van der Waals surface area contributed by atoms with Crippen molar-refractivity contribution in [2.24, 2.45) is 5.92 Å². The minimum absolute atomic E-state index is 0.0228.